The molecule has 0 fully saturated rings. The second-order valence-corrected chi connectivity index (χ2v) is 7.69. The quantitative estimate of drug-likeness (QED) is 0.683. The van der Waals surface area contributed by atoms with Crippen LogP contribution in [-0.4, -0.2) is 34.1 Å². The molecule has 1 atom stereocenters. The van der Waals surface area contributed by atoms with Crippen LogP contribution in [0.25, 0.3) is 0 Å². The first-order valence-corrected chi connectivity index (χ1v) is 8.51. The normalized spacial score (nSPS) is 16.6. The van der Waals surface area contributed by atoms with Crippen LogP contribution >= 0.6 is 23.1 Å². The van der Waals surface area contributed by atoms with Crippen molar-refractivity contribution in [3.8, 4) is 11.5 Å². The van der Waals surface area contributed by atoms with E-state index < -0.39 is 6.10 Å². The van der Waals surface area contributed by atoms with E-state index in [-0.39, 0.29) is 12.5 Å². The van der Waals surface area contributed by atoms with Crippen LogP contribution in [0.4, 0.5) is 5.13 Å². The summed E-state index contributed by atoms with van der Waals surface area (Å²) in [5, 5.41) is 11.6. The Morgan fingerprint density at radius 1 is 1.36 bits per heavy atom. The summed E-state index contributed by atoms with van der Waals surface area (Å²) >= 11 is 2.96. The van der Waals surface area contributed by atoms with Crippen LogP contribution in [0.1, 0.15) is 13.8 Å². The van der Waals surface area contributed by atoms with Crippen molar-refractivity contribution in [1.29, 1.82) is 0 Å². The summed E-state index contributed by atoms with van der Waals surface area (Å²) in [6.45, 7) is 4.33. The first-order chi connectivity index (χ1) is 10.6. The molecule has 1 aliphatic heterocycles. The smallest absolute Gasteiger partial charge is 0.270 e. The summed E-state index contributed by atoms with van der Waals surface area (Å²) in [7, 11) is 0. The molecule has 8 heteroatoms. The first-order valence-electron chi connectivity index (χ1n) is 6.81. The highest BCUT2D eigenvalue weighted by Gasteiger charge is 2.28. The van der Waals surface area contributed by atoms with Crippen molar-refractivity contribution in [2.75, 3.05) is 11.9 Å². The van der Waals surface area contributed by atoms with E-state index in [0.717, 1.165) is 4.34 Å². The number of amides is 1. The molecule has 0 bridgehead atoms. The summed E-state index contributed by atoms with van der Waals surface area (Å²) in [4.78, 5) is 12.2. The maximum absolute atomic E-state index is 12.2. The van der Waals surface area contributed by atoms with Gasteiger partial charge in [-0.3, -0.25) is 10.1 Å². The predicted molar refractivity (Wildman–Crippen MR) is 85.9 cm³/mol. The number of thioether (sulfide) groups is 1. The number of nitrogens with zero attached hydrogens (tertiary/aromatic N) is 2. The summed E-state index contributed by atoms with van der Waals surface area (Å²) in [6, 6.07) is 7.28. The zero-order chi connectivity index (χ0) is 15.5. The number of carbonyl (C=O) groups excluding carboxylic acids is 1. The Hall–Kier alpha value is -1.80. The van der Waals surface area contributed by atoms with Crippen LogP contribution < -0.4 is 14.8 Å². The monoisotopic (exact) mass is 337 g/mol. The molecule has 1 N–H and O–H groups in total. The van der Waals surface area contributed by atoms with E-state index in [1.807, 2.05) is 18.2 Å². The van der Waals surface area contributed by atoms with E-state index in [9.17, 15) is 4.79 Å². The highest BCUT2D eigenvalue weighted by atomic mass is 32.2. The number of nitrogens with one attached hydrogen (secondary N) is 1. The van der Waals surface area contributed by atoms with Crippen molar-refractivity contribution in [3.63, 3.8) is 0 Å². The lowest BCUT2D eigenvalue weighted by atomic mass is 10.2. The third kappa shape index (κ3) is 3.50. The van der Waals surface area contributed by atoms with E-state index >= 15 is 0 Å². The van der Waals surface area contributed by atoms with Gasteiger partial charge in [-0.25, -0.2) is 0 Å². The molecule has 6 nitrogen and oxygen atoms in total. The van der Waals surface area contributed by atoms with Crippen LogP contribution in [0.2, 0.25) is 0 Å². The van der Waals surface area contributed by atoms with Gasteiger partial charge in [0.2, 0.25) is 11.2 Å². The SMILES string of the molecule is CC(C)Sc1nnc(NC(=O)[C@H]2COc3ccccc3O2)s1. The Morgan fingerprint density at radius 2 is 2.14 bits per heavy atom. The lowest BCUT2D eigenvalue weighted by Crippen LogP contribution is -2.40. The highest BCUT2D eigenvalue weighted by Crippen LogP contribution is 2.32. The Labute approximate surface area is 136 Å². The third-order valence-corrected chi connectivity index (χ3v) is 4.70. The largest absolute Gasteiger partial charge is 0.485 e. The second kappa shape index (κ2) is 6.53. The predicted octanol–water partition coefficient (Wildman–Crippen LogP) is 2.82. The topological polar surface area (TPSA) is 73.3 Å². The molecule has 0 unspecified atom stereocenters. The number of benzene rings is 1. The molecule has 0 aliphatic carbocycles. The molecule has 0 radical (unpaired) electrons. The fraction of sp³-hybridized carbons (Fsp3) is 0.357. The molecule has 3 rings (SSSR count). The number of anilines is 1. The summed E-state index contributed by atoms with van der Waals surface area (Å²) in [6.07, 6.45) is -0.694. The second-order valence-electron chi connectivity index (χ2n) is 4.89. The zero-order valence-corrected chi connectivity index (χ0v) is 13.7. The molecule has 1 amide bonds. The average molecular weight is 337 g/mol. The van der Waals surface area contributed by atoms with Crippen molar-refractivity contribution in [1.82, 2.24) is 10.2 Å². The lowest BCUT2D eigenvalue weighted by Gasteiger charge is -2.25. The molecule has 0 saturated carbocycles. The van der Waals surface area contributed by atoms with Crippen molar-refractivity contribution < 1.29 is 14.3 Å². The van der Waals surface area contributed by atoms with Gasteiger partial charge in [-0.15, -0.1) is 10.2 Å². The number of rotatable bonds is 4. The van der Waals surface area contributed by atoms with Crippen LogP contribution in [-0.2, 0) is 4.79 Å². The first kappa shape index (κ1) is 15.1. The molecule has 2 aromatic rings. The van der Waals surface area contributed by atoms with Crippen molar-refractivity contribution in [2.24, 2.45) is 0 Å². The molecule has 1 aromatic carbocycles. The van der Waals surface area contributed by atoms with Gasteiger partial charge in [-0.2, -0.15) is 0 Å². The maximum Gasteiger partial charge on any atom is 0.270 e. The molecule has 2 heterocycles. The van der Waals surface area contributed by atoms with Crippen LogP contribution in [0.3, 0.4) is 0 Å². The Balaban J connectivity index is 1.62. The fourth-order valence-electron chi connectivity index (χ4n) is 1.84. The Kier molecular flexibility index (Phi) is 4.49. The molecular formula is C14H15N3O3S2. The van der Waals surface area contributed by atoms with Gasteiger partial charge in [0.05, 0.1) is 0 Å². The van der Waals surface area contributed by atoms with E-state index in [4.69, 9.17) is 9.47 Å². The minimum absolute atomic E-state index is 0.176. The van der Waals surface area contributed by atoms with Gasteiger partial charge >= 0.3 is 0 Å². The van der Waals surface area contributed by atoms with Gasteiger partial charge in [0.1, 0.15) is 6.61 Å². The minimum atomic E-state index is -0.694. The Bertz CT molecular complexity index is 675. The molecule has 22 heavy (non-hydrogen) atoms. The summed E-state index contributed by atoms with van der Waals surface area (Å²) in [5.74, 6) is 0.937. The number of fused-ring (bicyclic) bond motifs is 1. The van der Waals surface area contributed by atoms with Crippen LogP contribution in [0, 0.1) is 0 Å². The summed E-state index contributed by atoms with van der Waals surface area (Å²) in [5.41, 5.74) is 0. The molecule has 1 aromatic heterocycles. The number of aromatic nitrogens is 2. The summed E-state index contributed by atoms with van der Waals surface area (Å²) < 4.78 is 12.0. The molecule has 0 spiro atoms. The van der Waals surface area contributed by atoms with Crippen LogP contribution in [0.15, 0.2) is 28.6 Å². The van der Waals surface area contributed by atoms with Crippen molar-refractivity contribution >= 4 is 34.1 Å². The van der Waals surface area contributed by atoms with E-state index in [1.165, 1.54) is 11.3 Å². The van der Waals surface area contributed by atoms with Gasteiger partial charge < -0.3 is 9.47 Å². The molecule has 0 saturated heterocycles. The number of hydrogen-bond acceptors (Lipinski definition) is 7. The molecule has 116 valence electrons. The maximum atomic E-state index is 12.2. The lowest BCUT2D eigenvalue weighted by molar-refractivity contribution is -0.125. The van der Waals surface area contributed by atoms with Gasteiger partial charge in [0.15, 0.2) is 15.8 Å². The zero-order valence-electron chi connectivity index (χ0n) is 12.1. The number of ether oxygens (including phenoxy) is 2. The molecular weight excluding hydrogens is 322 g/mol. The number of carbonyl (C=O) groups is 1. The highest BCUT2D eigenvalue weighted by molar-refractivity contribution is 8.01. The fourth-order valence-corrected chi connectivity index (χ4v) is 3.82. The van der Waals surface area contributed by atoms with Gasteiger partial charge in [0, 0.05) is 5.25 Å². The van der Waals surface area contributed by atoms with Crippen molar-refractivity contribution in [2.45, 2.75) is 29.5 Å². The number of hydrogen-bond donors (Lipinski definition) is 1. The third-order valence-electron chi connectivity index (χ3n) is 2.77. The van der Waals surface area contributed by atoms with Crippen molar-refractivity contribution in [3.05, 3.63) is 24.3 Å². The van der Waals surface area contributed by atoms with E-state index in [1.54, 1.807) is 17.8 Å². The number of para-hydroxylation sites is 2. The van der Waals surface area contributed by atoms with Gasteiger partial charge in [-0.1, -0.05) is 49.1 Å². The minimum Gasteiger partial charge on any atom is -0.485 e. The average Bonchev–Trinajstić information content (AvgIpc) is 2.93. The van der Waals surface area contributed by atoms with Crippen LogP contribution in [0.5, 0.6) is 11.5 Å². The van der Waals surface area contributed by atoms with E-state index in [2.05, 4.69) is 29.4 Å². The van der Waals surface area contributed by atoms with Gasteiger partial charge in [-0.05, 0) is 12.1 Å². The molecule has 1 aliphatic rings. The standard InChI is InChI=1S/C14H15N3O3S2/c1-8(2)21-14-17-16-13(22-14)15-12(18)11-7-19-9-5-3-4-6-10(9)20-11/h3-6,8,11H,7H2,1-2H3,(H,15,16,18)/t11-/m1/s1. The van der Waals surface area contributed by atoms with E-state index in [0.29, 0.717) is 21.9 Å². The van der Waals surface area contributed by atoms with Gasteiger partial charge in [0.25, 0.3) is 5.91 Å². The Morgan fingerprint density at radius 3 is 2.91 bits per heavy atom.